The first kappa shape index (κ1) is 36.0. The molecular formula is C44H34N8O2+2. The maximum atomic E-state index is 11.5. The van der Waals surface area contributed by atoms with Crippen LogP contribution in [0.5, 0.6) is 0 Å². The summed E-state index contributed by atoms with van der Waals surface area (Å²) < 4.78 is 3.98. The van der Waals surface area contributed by atoms with Crippen molar-refractivity contribution in [3.05, 3.63) is 192 Å². The van der Waals surface area contributed by atoms with E-state index in [1.54, 1.807) is 48.8 Å². The van der Waals surface area contributed by atoms with Crippen molar-refractivity contribution in [3.8, 4) is 29.0 Å². The highest BCUT2D eigenvalue weighted by Gasteiger charge is 2.15. The van der Waals surface area contributed by atoms with Gasteiger partial charge in [0.2, 0.25) is 5.69 Å². The molecule has 0 saturated carbocycles. The minimum absolute atomic E-state index is 0.352. The first-order valence-electron chi connectivity index (χ1n) is 17.0. The molecule has 0 aliphatic carbocycles. The Bertz CT molecular complexity index is 2500. The van der Waals surface area contributed by atoms with Crippen LogP contribution in [0, 0.1) is 22.7 Å². The van der Waals surface area contributed by atoms with Gasteiger partial charge < -0.3 is 10.6 Å². The Morgan fingerprint density at radius 1 is 0.648 bits per heavy atom. The number of fused-ring (bicyclic) bond motifs is 1. The number of carbonyl (C=O) groups is 2. The Morgan fingerprint density at radius 3 is 1.85 bits per heavy atom. The smallest absolute Gasteiger partial charge is 0.228 e. The first-order valence-corrected chi connectivity index (χ1v) is 17.0. The zero-order valence-corrected chi connectivity index (χ0v) is 29.1. The van der Waals surface area contributed by atoms with Crippen LogP contribution in [0.25, 0.3) is 27.8 Å². The van der Waals surface area contributed by atoms with Gasteiger partial charge in [-0.15, -0.1) is 0 Å². The molecule has 0 bridgehead atoms. The maximum Gasteiger partial charge on any atom is 0.228 e. The molecule has 54 heavy (non-hydrogen) atoms. The summed E-state index contributed by atoms with van der Waals surface area (Å²) in [6.07, 6.45) is 18.6. The monoisotopic (exact) mass is 706 g/mol. The SMILES string of the molecule is N#Cc1ccccc1NC=CC(=CC=O)C(C=CNCc1nc2ccccc2nc1C[n+]1ccc(-c2cc[n+](-c3ccccc3C#N)cc2)cc1)=CC=O. The van der Waals surface area contributed by atoms with Gasteiger partial charge in [-0.2, -0.15) is 19.7 Å². The van der Waals surface area contributed by atoms with Crippen LogP contribution in [0.4, 0.5) is 5.69 Å². The summed E-state index contributed by atoms with van der Waals surface area (Å²) in [5, 5.41) is 25.2. The lowest BCUT2D eigenvalue weighted by molar-refractivity contribution is -0.688. The fraction of sp³-hybridized carbons (Fsp3) is 0.0455. The molecular weight excluding hydrogens is 673 g/mol. The number of allylic oxidation sites excluding steroid dienone is 6. The average Bonchev–Trinajstić information content (AvgIpc) is 3.22. The molecule has 0 saturated heterocycles. The Labute approximate surface area is 312 Å². The molecule has 6 rings (SSSR count). The van der Waals surface area contributed by atoms with E-state index < -0.39 is 0 Å². The van der Waals surface area contributed by atoms with Crippen molar-refractivity contribution in [2.24, 2.45) is 0 Å². The average molecular weight is 707 g/mol. The Morgan fingerprint density at radius 2 is 1.20 bits per heavy atom. The maximum absolute atomic E-state index is 11.5. The zero-order valence-electron chi connectivity index (χ0n) is 29.1. The summed E-state index contributed by atoms with van der Waals surface area (Å²) >= 11 is 0. The standard InChI is InChI=1S/C44H32N8O2/c45-29-37-7-1-3-9-39(37)48-22-14-34(20-28-54)33(19-27-53)13-21-47-31-42-43(50-41-11-5-4-10-40(41)49-42)32-51-23-15-35(16-24-51)36-17-25-52(26-18-36)44-12-6-2-8-38(44)30-46/h1-28H,31-32H2/p+2. The van der Waals surface area contributed by atoms with Crippen LogP contribution in [0.1, 0.15) is 22.5 Å². The van der Waals surface area contributed by atoms with Gasteiger partial charge in [-0.25, -0.2) is 9.97 Å². The number of hydrogen-bond acceptors (Lipinski definition) is 8. The van der Waals surface area contributed by atoms with Gasteiger partial charge in [0.1, 0.15) is 36.0 Å². The minimum atomic E-state index is 0.352. The minimum Gasteiger partial charge on any atom is -0.385 e. The van der Waals surface area contributed by atoms with Crippen LogP contribution < -0.4 is 19.8 Å². The van der Waals surface area contributed by atoms with Crippen molar-refractivity contribution >= 4 is 29.3 Å². The molecule has 10 heteroatoms. The summed E-state index contributed by atoms with van der Waals surface area (Å²) in [6, 6.07) is 34.8. The van der Waals surface area contributed by atoms with E-state index >= 15 is 0 Å². The normalized spacial score (nSPS) is 11.7. The number of rotatable bonds is 14. The van der Waals surface area contributed by atoms with E-state index in [-0.39, 0.29) is 0 Å². The van der Waals surface area contributed by atoms with Gasteiger partial charge in [-0.3, -0.25) is 9.59 Å². The van der Waals surface area contributed by atoms with Gasteiger partial charge in [0.25, 0.3) is 0 Å². The van der Waals surface area contributed by atoms with Crippen LogP contribution in [0.3, 0.4) is 0 Å². The molecule has 0 atom stereocenters. The van der Waals surface area contributed by atoms with Gasteiger partial charge in [0.15, 0.2) is 31.3 Å². The zero-order chi connectivity index (χ0) is 37.5. The quantitative estimate of drug-likeness (QED) is 0.0597. The number of hydrogen-bond donors (Lipinski definition) is 2. The van der Waals surface area contributed by atoms with E-state index in [0.717, 1.165) is 39.2 Å². The predicted octanol–water partition coefficient (Wildman–Crippen LogP) is 6.13. The number of pyridine rings is 2. The lowest BCUT2D eigenvalue weighted by Crippen LogP contribution is -2.34. The van der Waals surface area contributed by atoms with Crippen molar-refractivity contribution in [1.82, 2.24) is 15.3 Å². The number of carbonyl (C=O) groups excluding carboxylic acids is 2. The third kappa shape index (κ3) is 8.90. The Hall–Kier alpha value is -7.82. The second-order valence-corrected chi connectivity index (χ2v) is 11.9. The summed E-state index contributed by atoms with van der Waals surface area (Å²) in [5.41, 5.74) is 8.71. The van der Waals surface area contributed by atoms with Crippen molar-refractivity contribution in [2.75, 3.05) is 5.32 Å². The second-order valence-electron chi connectivity index (χ2n) is 11.9. The van der Waals surface area contributed by atoms with E-state index in [9.17, 15) is 20.1 Å². The molecule has 2 N–H and O–H groups in total. The molecule has 0 radical (unpaired) electrons. The van der Waals surface area contributed by atoms with Gasteiger partial charge in [0.05, 0.1) is 34.5 Å². The summed E-state index contributed by atoms with van der Waals surface area (Å²) in [5.74, 6) is 0. The molecule has 3 aromatic carbocycles. The molecule has 0 aliphatic heterocycles. The predicted molar refractivity (Wildman–Crippen MR) is 205 cm³/mol. The van der Waals surface area contributed by atoms with Crippen molar-refractivity contribution in [3.63, 3.8) is 0 Å². The van der Waals surface area contributed by atoms with Crippen molar-refractivity contribution in [1.29, 1.82) is 10.5 Å². The van der Waals surface area contributed by atoms with E-state index in [2.05, 4.69) is 34.9 Å². The lowest BCUT2D eigenvalue weighted by atomic mass is 10.1. The van der Waals surface area contributed by atoms with Crippen molar-refractivity contribution in [2.45, 2.75) is 13.1 Å². The van der Waals surface area contributed by atoms with Gasteiger partial charge in [-0.05, 0) is 83.1 Å². The van der Waals surface area contributed by atoms with E-state index in [1.807, 2.05) is 94.6 Å². The van der Waals surface area contributed by atoms with Gasteiger partial charge in [-0.1, -0.05) is 36.4 Å². The topological polar surface area (TPSA) is 139 Å². The van der Waals surface area contributed by atoms with E-state index in [4.69, 9.17) is 9.97 Å². The highest BCUT2D eigenvalue weighted by atomic mass is 16.1. The number of nitrogens with zero attached hydrogens (tertiary/aromatic N) is 6. The Kier molecular flexibility index (Phi) is 11.9. The number of aromatic nitrogens is 4. The fourth-order valence-corrected chi connectivity index (χ4v) is 5.72. The molecule has 3 heterocycles. The molecule has 3 aromatic heterocycles. The number of nitrogens with one attached hydrogen (secondary N) is 2. The number of aldehydes is 2. The van der Waals surface area contributed by atoms with Gasteiger partial charge in [0, 0.05) is 36.5 Å². The third-order valence-electron chi connectivity index (χ3n) is 8.44. The van der Waals surface area contributed by atoms with Gasteiger partial charge >= 0.3 is 0 Å². The highest BCUT2D eigenvalue weighted by molar-refractivity contribution is 5.76. The fourth-order valence-electron chi connectivity index (χ4n) is 5.72. The lowest BCUT2D eigenvalue weighted by Gasteiger charge is -2.09. The summed E-state index contributed by atoms with van der Waals surface area (Å²) in [6.45, 7) is 0.832. The molecule has 260 valence electrons. The molecule has 10 nitrogen and oxygen atoms in total. The number of anilines is 1. The molecule has 0 unspecified atom stereocenters. The van der Waals surface area contributed by atoms with Crippen LogP contribution in [-0.2, 0) is 22.7 Å². The summed E-state index contributed by atoms with van der Waals surface area (Å²) in [7, 11) is 0. The van der Waals surface area contributed by atoms with E-state index in [1.165, 1.54) is 12.2 Å². The first-order chi connectivity index (χ1) is 26.6. The van der Waals surface area contributed by atoms with Crippen LogP contribution in [0.2, 0.25) is 0 Å². The van der Waals surface area contributed by atoms with Crippen LogP contribution >= 0.6 is 0 Å². The molecule has 0 fully saturated rings. The largest absolute Gasteiger partial charge is 0.385 e. The molecule has 0 aliphatic rings. The van der Waals surface area contributed by atoms with Crippen LogP contribution in [0.15, 0.2) is 170 Å². The molecule has 6 aromatic rings. The van der Waals surface area contributed by atoms with E-state index in [0.29, 0.717) is 53.6 Å². The molecule has 0 spiro atoms. The number of nitriles is 2. The van der Waals surface area contributed by atoms with Crippen LogP contribution in [-0.4, -0.2) is 22.5 Å². The van der Waals surface area contributed by atoms with Crippen molar-refractivity contribution < 1.29 is 18.7 Å². The number of para-hydroxylation sites is 4. The number of benzene rings is 3. The third-order valence-corrected chi connectivity index (χ3v) is 8.44. The summed E-state index contributed by atoms with van der Waals surface area (Å²) in [4.78, 5) is 32.9. The highest BCUT2D eigenvalue weighted by Crippen LogP contribution is 2.19. The second kappa shape index (κ2) is 17.9. The molecule has 0 amide bonds. The Balaban J connectivity index is 1.16.